The van der Waals surface area contributed by atoms with Crippen LogP contribution in [0.2, 0.25) is 0 Å². The number of rotatable bonds is 5. The van der Waals surface area contributed by atoms with Gasteiger partial charge in [-0.2, -0.15) is 0 Å². The van der Waals surface area contributed by atoms with Crippen molar-refractivity contribution in [2.45, 2.75) is 117 Å². The van der Waals surface area contributed by atoms with Crippen molar-refractivity contribution in [3.8, 4) is 0 Å². The zero-order valence-corrected chi connectivity index (χ0v) is 19.9. The Hall–Kier alpha value is -0.0800. The third-order valence-electron chi connectivity index (χ3n) is 10.9. The standard InChI is InChI=1S/C27H48O2/c1-17(2)7-6-8-18(3)22-11-12-23-21-10-9-19-15-20(28)16-25(29)27(19,5)24(21)13-14-26(22,23)4/h17-25,28-29H,6-16H2,1-5H3/t18-,19-,20+,21-,22-,23+,24+,25?,26-,27+/m1/s1. The highest BCUT2D eigenvalue weighted by Crippen LogP contribution is 2.68. The molecule has 4 aliphatic rings. The second-order valence-corrected chi connectivity index (χ2v) is 12.7. The van der Waals surface area contributed by atoms with Gasteiger partial charge < -0.3 is 10.2 Å². The summed E-state index contributed by atoms with van der Waals surface area (Å²) in [6.07, 6.45) is 13.3. The second kappa shape index (κ2) is 8.12. The number of hydrogen-bond acceptors (Lipinski definition) is 2. The Bertz CT molecular complexity index is 573. The van der Waals surface area contributed by atoms with Gasteiger partial charge in [-0.3, -0.25) is 0 Å². The minimum atomic E-state index is -0.305. The van der Waals surface area contributed by atoms with Crippen LogP contribution in [-0.4, -0.2) is 22.4 Å². The minimum Gasteiger partial charge on any atom is -0.393 e. The van der Waals surface area contributed by atoms with E-state index in [1.165, 1.54) is 57.8 Å². The van der Waals surface area contributed by atoms with E-state index < -0.39 is 0 Å². The fourth-order valence-electron chi connectivity index (χ4n) is 9.32. The Morgan fingerprint density at radius 1 is 0.862 bits per heavy atom. The molecule has 0 aromatic carbocycles. The van der Waals surface area contributed by atoms with Crippen molar-refractivity contribution in [2.75, 3.05) is 0 Å². The van der Waals surface area contributed by atoms with Crippen LogP contribution >= 0.6 is 0 Å². The molecule has 2 heteroatoms. The smallest absolute Gasteiger partial charge is 0.0623 e. The van der Waals surface area contributed by atoms with E-state index in [1.54, 1.807) is 0 Å². The first-order valence-corrected chi connectivity index (χ1v) is 13.0. The number of fused-ring (bicyclic) bond motifs is 5. The third kappa shape index (κ3) is 3.63. The van der Waals surface area contributed by atoms with E-state index >= 15 is 0 Å². The molecule has 4 saturated carbocycles. The molecule has 29 heavy (non-hydrogen) atoms. The third-order valence-corrected chi connectivity index (χ3v) is 10.9. The average molecular weight is 405 g/mol. The van der Waals surface area contributed by atoms with E-state index in [9.17, 15) is 10.2 Å². The SMILES string of the molecule is CC(C)CCC[C@@H](C)[C@H]1CC[C@H]2[C@H]3CC[C@@H]4C[C@H](O)CC(O)[C@]4(C)[C@H]3CC[C@]12C. The Kier molecular flexibility index (Phi) is 6.19. The molecule has 0 aromatic rings. The topological polar surface area (TPSA) is 40.5 Å². The van der Waals surface area contributed by atoms with E-state index in [-0.39, 0.29) is 17.6 Å². The molecule has 10 atom stereocenters. The van der Waals surface area contributed by atoms with Gasteiger partial charge in [0.2, 0.25) is 0 Å². The molecule has 4 aliphatic carbocycles. The van der Waals surface area contributed by atoms with Gasteiger partial charge in [-0.25, -0.2) is 0 Å². The molecule has 0 heterocycles. The van der Waals surface area contributed by atoms with Crippen LogP contribution in [0.3, 0.4) is 0 Å². The molecule has 0 aliphatic heterocycles. The van der Waals surface area contributed by atoms with Crippen molar-refractivity contribution in [1.29, 1.82) is 0 Å². The lowest BCUT2D eigenvalue weighted by molar-refractivity contribution is -0.182. The summed E-state index contributed by atoms with van der Waals surface area (Å²) in [5.41, 5.74) is 0.575. The van der Waals surface area contributed by atoms with Gasteiger partial charge in [-0.1, -0.05) is 53.9 Å². The first kappa shape index (κ1) is 22.1. The van der Waals surface area contributed by atoms with Gasteiger partial charge in [0.25, 0.3) is 0 Å². The molecule has 0 amide bonds. The van der Waals surface area contributed by atoms with Crippen LogP contribution in [-0.2, 0) is 0 Å². The van der Waals surface area contributed by atoms with E-state index in [1.807, 2.05) is 0 Å². The highest BCUT2D eigenvalue weighted by molar-refractivity contribution is 5.11. The lowest BCUT2D eigenvalue weighted by Gasteiger charge is -2.62. The quantitative estimate of drug-likeness (QED) is 0.553. The van der Waals surface area contributed by atoms with Crippen LogP contribution in [0, 0.1) is 52.3 Å². The summed E-state index contributed by atoms with van der Waals surface area (Å²) < 4.78 is 0. The van der Waals surface area contributed by atoms with Gasteiger partial charge in [-0.15, -0.1) is 0 Å². The van der Waals surface area contributed by atoms with Gasteiger partial charge in [0.05, 0.1) is 12.2 Å². The molecule has 1 unspecified atom stereocenters. The van der Waals surface area contributed by atoms with E-state index in [4.69, 9.17) is 0 Å². The predicted molar refractivity (Wildman–Crippen MR) is 120 cm³/mol. The molecule has 0 spiro atoms. The lowest BCUT2D eigenvalue weighted by Crippen LogP contribution is -2.59. The number of hydrogen-bond donors (Lipinski definition) is 2. The fraction of sp³-hybridized carbons (Fsp3) is 1.00. The Morgan fingerprint density at radius 2 is 1.62 bits per heavy atom. The Labute approximate surface area is 180 Å². The zero-order valence-electron chi connectivity index (χ0n) is 19.9. The summed E-state index contributed by atoms with van der Waals surface area (Å²) in [6, 6.07) is 0. The van der Waals surface area contributed by atoms with E-state index in [0.717, 1.165) is 36.0 Å². The lowest BCUT2D eigenvalue weighted by atomic mass is 9.43. The van der Waals surface area contributed by atoms with Gasteiger partial charge in [0.1, 0.15) is 0 Å². The summed E-state index contributed by atoms with van der Waals surface area (Å²) in [5.74, 6) is 5.49. The normalized spacial score (nSPS) is 50.7. The van der Waals surface area contributed by atoms with Crippen LogP contribution in [0.5, 0.6) is 0 Å². The molecule has 0 aromatic heterocycles. The highest BCUT2D eigenvalue weighted by Gasteiger charge is 2.62. The number of aliphatic hydroxyl groups excluding tert-OH is 2. The fourth-order valence-corrected chi connectivity index (χ4v) is 9.32. The van der Waals surface area contributed by atoms with E-state index in [0.29, 0.717) is 23.7 Å². The largest absolute Gasteiger partial charge is 0.393 e. The molecule has 168 valence electrons. The minimum absolute atomic E-state index is 0.0461. The van der Waals surface area contributed by atoms with Crippen molar-refractivity contribution in [3.05, 3.63) is 0 Å². The Balaban J connectivity index is 1.49. The first-order valence-electron chi connectivity index (χ1n) is 13.0. The maximum absolute atomic E-state index is 11.1. The van der Waals surface area contributed by atoms with Crippen LogP contribution in [0.15, 0.2) is 0 Å². The molecule has 4 rings (SSSR count). The van der Waals surface area contributed by atoms with Gasteiger partial charge in [-0.05, 0) is 104 Å². The molecule has 0 radical (unpaired) electrons. The maximum atomic E-state index is 11.1. The van der Waals surface area contributed by atoms with Crippen molar-refractivity contribution < 1.29 is 10.2 Å². The van der Waals surface area contributed by atoms with Crippen LogP contribution in [0.4, 0.5) is 0 Å². The highest BCUT2D eigenvalue weighted by atomic mass is 16.3. The molecular formula is C27H48O2. The predicted octanol–water partition coefficient (Wildman–Crippen LogP) is 6.44. The summed E-state index contributed by atoms with van der Waals surface area (Å²) in [7, 11) is 0. The van der Waals surface area contributed by atoms with Crippen LogP contribution in [0.1, 0.15) is 105 Å². The van der Waals surface area contributed by atoms with Crippen molar-refractivity contribution in [3.63, 3.8) is 0 Å². The summed E-state index contributed by atoms with van der Waals surface area (Å²) in [5, 5.41) is 21.4. The van der Waals surface area contributed by atoms with Crippen molar-refractivity contribution in [1.82, 2.24) is 0 Å². The summed E-state index contributed by atoms with van der Waals surface area (Å²) in [4.78, 5) is 0. The molecule has 2 N–H and O–H groups in total. The molecule has 4 fully saturated rings. The molecule has 0 saturated heterocycles. The molecular weight excluding hydrogens is 356 g/mol. The monoisotopic (exact) mass is 404 g/mol. The average Bonchev–Trinajstić information content (AvgIpc) is 3.00. The molecule has 0 bridgehead atoms. The first-order chi connectivity index (χ1) is 13.7. The van der Waals surface area contributed by atoms with Crippen LogP contribution in [0.25, 0.3) is 0 Å². The zero-order chi connectivity index (χ0) is 21.0. The maximum Gasteiger partial charge on any atom is 0.0623 e. The number of aliphatic hydroxyl groups is 2. The summed E-state index contributed by atoms with van der Waals surface area (Å²) in [6.45, 7) is 12.3. The van der Waals surface area contributed by atoms with E-state index in [2.05, 4.69) is 34.6 Å². The van der Waals surface area contributed by atoms with Crippen molar-refractivity contribution >= 4 is 0 Å². The van der Waals surface area contributed by atoms with Gasteiger partial charge in [0.15, 0.2) is 0 Å². The second-order valence-electron chi connectivity index (χ2n) is 12.7. The summed E-state index contributed by atoms with van der Waals surface area (Å²) >= 11 is 0. The van der Waals surface area contributed by atoms with Crippen molar-refractivity contribution in [2.24, 2.45) is 52.3 Å². The van der Waals surface area contributed by atoms with Gasteiger partial charge in [0, 0.05) is 0 Å². The van der Waals surface area contributed by atoms with Gasteiger partial charge >= 0.3 is 0 Å². The van der Waals surface area contributed by atoms with Crippen LogP contribution < -0.4 is 0 Å². The Morgan fingerprint density at radius 3 is 2.34 bits per heavy atom. The molecule has 2 nitrogen and oxygen atoms in total.